The van der Waals surface area contributed by atoms with Crippen molar-refractivity contribution in [3.8, 4) is 28.4 Å². The molecule has 4 aromatic carbocycles. The van der Waals surface area contributed by atoms with Gasteiger partial charge in [-0.25, -0.2) is 8.42 Å². The van der Waals surface area contributed by atoms with Gasteiger partial charge in [-0.2, -0.15) is 0 Å². The van der Waals surface area contributed by atoms with Crippen LogP contribution in [-0.2, 0) is 14.8 Å². The van der Waals surface area contributed by atoms with E-state index < -0.39 is 22.5 Å². The number of sulfonamides is 1. The number of rotatable bonds is 11. The lowest BCUT2D eigenvalue weighted by atomic mass is 10.0. The Labute approximate surface area is 228 Å². The number of nitrogens with one attached hydrogen (secondary N) is 1. The Morgan fingerprint density at radius 1 is 0.821 bits per heavy atom. The van der Waals surface area contributed by atoms with Crippen LogP contribution in [0.25, 0.3) is 11.1 Å². The minimum Gasteiger partial charge on any atom is -0.494 e. The highest BCUT2D eigenvalue weighted by atomic mass is 32.2. The lowest BCUT2D eigenvalue weighted by Gasteiger charge is -2.25. The molecule has 8 nitrogen and oxygen atoms in total. The number of benzene rings is 4. The Kier molecular flexibility index (Phi) is 8.73. The van der Waals surface area contributed by atoms with Gasteiger partial charge in [0.2, 0.25) is 5.91 Å². The highest BCUT2D eigenvalue weighted by molar-refractivity contribution is 7.92. The van der Waals surface area contributed by atoms with Crippen LogP contribution in [0.4, 0.5) is 11.4 Å². The Morgan fingerprint density at radius 2 is 1.49 bits per heavy atom. The first-order chi connectivity index (χ1) is 18.9. The highest BCUT2D eigenvalue weighted by Crippen LogP contribution is 2.33. The van der Waals surface area contributed by atoms with Crippen LogP contribution >= 0.6 is 0 Å². The summed E-state index contributed by atoms with van der Waals surface area (Å²) in [7, 11) is -1.30. The summed E-state index contributed by atoms with van der Waals surface area (Å²) in [5, 5.41) is 2.89. The predicted molar refractivity (Wildman–Crippen MR) is 152 cm³/mol. The number of ether oxygens (including phenoxy) is 3. The van der Waals surface area contributed by atoms with Crippen LogP contribution in [0.1, 0.15) is 6.92 Å². The highest BCUT2D eigenvalue weighted by Gasteiger charge is 2.29. The molecular weight excluding hydrogens is 516 g/mol. The van der Waals surface area contributed by atoms with E-state index in [4.69, 9.17) is 14.2 Å². The van der Waals surface area contributed by atoms with Crippen molar-refractivity contribution in [1.29, 1.82) is 0 Å². The van der Waals surface area contributed by atoms with Gasteiger partial charge in [-0.3, -0.25) is 9.10 Å². The van der Waals surface area contributed by atoms with E-state index in [1.54, 1.807) is 30.3 Å². The van der Waals surface area contributed by atoms with E-state index in [2.05, 4.69) is 5.32 Å². The van der Waals surface area contributed by atoms with Gasteiger partial charge in [0.1, 0.15) is 12.3 Å². The Hall–Kier alpha value is -4.50. The summed E-state index contributed by atoms with van der Waals surface area (Å²) in [6.45, 7) is 1.86. The topological polar surface area (TPSA) is 94.2 Å². The molecule has 4 rings (SSSR count). The number of hydrogen-bond acceptors (Lipinski definition) is 6. The molecule has 0 aliphatic rings. The van der Waals surface area contributed by atoms with E-state index >= 15 is 0 Å². The van der Waals surface area contributed by atoms with Gasteiger partial charge in [-0.05, 0) is 55.0 Å². The lowest BCUT2D eigenvalue weighted by Crippen LogP contribution is -2.38. The number of carbonyl (C=O) groups is 1. The number of anilines is 2. The molecule has 4 aromatic rings. The second-order valence-electron chi connectivity index (χ2n) is 8.42. The van der Waals surface area contributed by atoms with Gasteiger partial charge < -0.3 is 19.5 Å². The zero-order valence-corrected chi connectivity index (χ0v) is 22.8. The van der Waals surface area contributed by atoms with Crippen LogP contribution in [0.5, 0.6) is 17.2 Å². The van der Waals surface area contributed by atoms with Crippen molar-refractivity contribution in [1.82, 2.24) is 0 Å². The molecule has 0 saturated heterocycles. The van der Waals surface area contributed by atoms with Crippen molar-refractivity contribution >= 4 is 27.3 Å². The SMILES string of the molecule is CCOc1ccc(N(CC(=O)Nc2ccccc2-c2ccccc2)S(=O)(=O)c2ccc(OC)c(OC)c2)cc1. The minimum absolute atomic E-state index is 0.0495. The molecule has 0 aliphatic heterocycles. The van der Waals surface area contributed by atoms with Crippen LogP contribution in [-0.4, -0.2) is 41.7 Å². The zero-order chi connectivity index (χ0) is 27.8. The molecule has 202 valence electrons. The first kappa shape index (κ1) is 27.5. The monoisotopic (exact) mass is 546 g/mol. The molecule has 0 saturated carbocycles. The minimum atomic E-state index is -4.19. The van der Waals surface area contributed by atoms with Gasteiger partial charge >= 0.3 is 0 Å². The standard InChI is InChI=1S/C30H30N2O6S/c1-4-38-24-16-14-23(15-17-24)32(39(34,35)25-18-19-28(36-2)29(20-25)37-3)21-30(33)31-27-13-9-8-12-26(27)22-10-6-5-7-11-22/h5-20H,4,21H2,1-3H3,(H,31,33). The smallest absolute Gasteiger partial charge is 0.264 e. The Balaban J connectivity index is 1.69. The number of para-hydroxylation sites is 1. The molecule has 0 bridgehead atoms. The largest absolute Gasteiger partial charge is 0.494 e. The lowest BCUT2D eigenvalue weighted by molar-refractivity contribution is -0.114. The molecule has 0 atom stereocenters. The number of amides is 1. The summed E-state index contributed by atoms with van der Waals surface area (Å²) in [5.41, 5.74) is 2.63. The van der Waals surface area contributed by atoms with Crippen molar-refractivity contribution in [2.24, 2.45) is 0 Å². The average Bonchev–Trinajstić information content (AvgIpc) is 2.97. The van der Waals surface area contributed by atoms with Crippen molar-refractivity contribution in [3.63, 3.8) is 0 Å². The summed E-state index contributed by atoms with van der Waals surface area (Å²) in [5.74, 6) is 0.730. The molecule has 0 radical (unpaired) electrons. The second kappa shape index (κ2) is 12.4. The van der Waals surface area contributed by atoms with Crippen molar-refractivity contribution in [2.75, 3.05) is 37.0 Å². The number of methoxy groups -OCH3 is 2. The third kappa shape index (κ3) is 6.32. The molecule has 0 unspecified atom stereocenters. The number of nitrogens with zero attached hydrogens (tertiary/aromatic N) is 1. The van der Waals surface area contributed by atoms with Crippen LogP contribution in [0, 0.1) is 0 Å². The summed E-state index contributed by atoms with van der Waals surface area (Å²) in [4.78, 5) is 13.3. The molecular formula is C30H30N2O6S. The van der Waals surface area contributed by atoms with E-state index in [1.807, 2.05) is 55.5 Å². The molecule has 9 heteroatoms. The Bertz CT molecular complexity index is 1520. The molecule has 1 N–H and O–H groups in total. The normalized spacial score (nSPS) is 10.9. The molecule has 0 aliphatic carbocycles. The molecule has 39 heavy (non-hydrogen) atoms. The molecule has 0 spiro atoms. The van der Waals surface area contributed by atoms with Crippen molar-refractivity contribution < 1.29 is 27.4 Å². The van der Waals surface area contributed by atoms with Gasteiger partial charge in [0.25, 0.3) is 10.0 Å². The maximum atomic E-state index is 13.9. The van der Waals surface area contributed by atoms with E-state index in [-0.39, 0.29) is 10.6 Å². The average molecular weight is 547 g/mol. The summed E-state index contributed by atoms with van der Waals surface area (Å²) in [6, 6.07) is 27.8. The fourth-order valence-electron chi connectivity index (χ4n) is 4.08. The van der Waals surface area contributed by atoms with E-state index in [1.165, 1.54) is 32.4 Å². The molecule has 1 amide bonds. The van der Waals surface area contributed by atoms with Gasteiger partial charge in [-0.15, -0.1) is 0 Å². The van der Waals surface area contributed by atoms with Gasteiger partial charge in [0.15, 0.2) is 11.5 Å². The fraction of sp³-hybridized carbons (Fsp3) is 0.167. The first-order valence-electron chi connectivity index (χ1n) is 12.3. The summed E-state index contributed by atoms with van der Waals surface area (Å²) >= 11 is 0. The maximum absolute atomic E-state index is 13.9. The van der Waals surface area contributed by atoms with Gasteiger partial charge in [0.05, 0.1) is 31.4 Å². The predicted octanol–water partition coefficient (Wildman–Crippen LogP) is 5.60. The van der Waals surface area contributed by atoms with Gasteiger partial charge in [0, 0.05) is 17.3 Å². The third-order valence-corrected chi connectivity index (χ3v) is 7.72. The van der Waals surface area contributed by atoms with Crippen LogP contribution in [0.2, 0.25) is 0 Å². The number of hydrogen-bond donors (Lipinski definition) is 1. The Morgan fingerprint density at radius 3 is 2.15 bits per heavy atom. The first-order valence-corrected chi connectivity index (χ1v) is 13.7. The quantitative estimate of drug-likeness (QED) is 0.263. The second-order valence-corrected chi connectivity index (χ2v) is 10.3. The summed E-state index contributed by atoms with van der Waals surface area (Å²) < 4.78 is 44.9. The third-order valence-electron chi connectivity index (χ3n) is 5.95. The zero-order valence-electron chi connectivity index (χ0n) is 22.0. The number of carbonyl (C=O) groups excluding carboxylic acids is 1. The van der Waals surface area contributed by atoms with Crippen LogP contribution in [0.3, 0.4) is 0 Å². The van der Waals surface area contributed by atoms with Crippen LogP contribution in [0.15, 0.2) is 102 Å². The fourth-order valence-corrected chi connectivity index (χ4v) is 5.51. The van der Waals surface area contributed by atoms with Crippen LogP contribution < -0.4 is 23.8 Å². The molecule has 0 heterocycles. The summed E-state index contributed by atoms with van der Waals surface area (Å²) in [6.07, 6.45) is 0. The van der Waals surface area contributed by atoms with E-state index in [9.17, 15) is 13.2 Å². The maximum Gasteiger partial charge on any atom is 0.264 e. The van der Waals surface area contributed by atoms with Gasteiger partial charge in [-0.1, -0.05) is 48.5 Å². The van der Waals surface area contributed by atoms with Crippen molar-refractivity contribution in [2.45, 2.75) is 11.8 Å². The van der Waals surface area contributed by atoms with E-state index in [0.717, 1.165) is 15.4 Å². The van der Waals surface area contributed by atoms with E-state index in [0.29, 0.717) is 29.5 Å². The van der Waals surface area contributed by atoms with Crippen molar-refractivity contribution in [3.05, 3.63) is 97.1 Å². The molecule has 0 aromatic heterocycles. The molecule has 0 fully saturated rings.